The molecule has 0 saturated heterocycles. The van der Waals surface area contributed by atoms with Gasteiger partial charge in [-0.25, -0.2) is 5.43 Å². The van der Waals surface area contributed by atoms with Crippen molar-refractivity contribution in [1.82, 2.24) is 5.43 Å². The highest BCUT2D eigenvalue weighted by molar-refractivity contribution is 6.35. The van der Waals surface area contributed by atoms with Gasteiger partial charge in [0.15, 0.2) is 6.61 Å². The van der Waals surface area contributed by atoms with Crippen molar-refractivity contribution < 1.29 is 9.53 Å². The van der Waals surface area contributed by atoms with Crippen molar-refractivity contribution in [3.8, 4) is 5.75 Å². The summed E-state index contributed by atoms with van der Waals surface area (Å²) in [7, 11) is 0. The number of halogens is 2. The van der Waals surface area contributed by atoms with Crippen LogP contribution in [0.5, 0.6) is 5.75 Å². The SMILES string of the molecule is CCCC1CCC(=NNC(=O)COc2ccc(Cl)cc2Cl)CC1. The van der Waals surface area contributed by atoms with Crippen LogP contribution in [-0.2, 0) is 4.79 Å². The fraction of sp³-hybridized carbons (Fsp3) is 0.529. The zero-order valence-electron chi connectivity index (χ0n) is 13.3. The van der Waals surface area contributed by atoms with Gasteiger partial charge in [0.05, 0.1) is 5.02 Å². The number of rotatable bonds is 6. The Hall–Kier alpha value is -1.26. The lowest BCUT2D eigenvalue weighted by Gasteiger charge is -2.22. The lowest BCUT2D eigenvalue weighted by atomic mass is 9.85. The summed E-state index contributed by atoms with van der Waals surface area (Å²) in [5.41, 5.74) is 3.62. The lowest BCUT2D eigenvalue weighted by Crippen LogP contribution is -2.27. The van der Waals surface area contributed by atoms with E-state index in [9.17, 15) is 4.79 Å². The van der Waals surface area contributed by atoms with Gasteiger partial charge in [0.25, 0.3) is 5.91 Å². The first-order valence-corrected chi connectivity index (χ1v) is 8.76. The molecule has 1 fully saturated rings. The molecule has 0 bridgehead atoms. The molecule has 1 amide bonds. The number of benzene rings is 1. The predicted molar refractivity (Wildman–Crippen MR) is 94.4 cm³/mol. The van der Waals surface area contributed by atoms with E-state index in [2.05, 4.69) is 17.5 Å². The average molecular weight is 357 g/mol. The number of nitrogens with zero attached hydrogens (tertiary/aromatic N) is 1. The molecule has 2 rings (SSSR count). The third-order valence-corrected chi connectivity index (χ3v) is 4.50. The van der Waals surface area contributed by atoms with Gasteiger partial charge in [-0.05, 0) is 49.8 Å². The summed E-state index contributed by atoms with van der Waals surface area (Å²) < 4.78 is 5.37. The monoisotopic (exact) mass is 356 g/mol. The first kappa shape index (κ1) is 18.1. The molecule has 0 spiro atoms. The van der Waals surface area contributed by atoms with Crippen LogP contribution < -0.4 is 10.2 Å². The Labute approximate surface area is 147 Å². The van der Waals surface area contributed by atoms with Crippen molar-refractivity contribution in [2.24, 2.45) is 11.0 Å². The summed E-state index contributed by atoms with van der Waals surface area (Å²) in [5.74, 6) is 0.947. The molecule has 23 heavy (non-hydrogen) atoms. The topological polar surface area (TPSA) is 50.7 Å². The molecule has 1 aromatic carbocycles. The first-order valence-electron chi connectivity index (χ1n) is 8.00. The third-order valence-electron chi connectivity index (χ3n) is 3.97. The highest BCUT2D eigenvalue weighted by atomic mass is 35.5. The molecule has 0 radical (unpaired) electrons. The summed E-state index contributed by atoms with van der Waals surface area (Å²) >= 11 is 11.8. The van der Waals surface area contributed by atoms with Crippen LogP contribution in [0.3, 0.4) is 0 Å². The molecule has 1 aliphatic carbocycles. The number of amides is 1. The van der Waals surface area contributed by atoms with Crippen LogP contribution in [0.4, 0.5) is 0 Å². The van der Waals surface area contributed by atoms with Crippen LogP contribution in [-0.4, -0.2) is 18.2 Å². The summed E-state index contributed by atoms with van der Waals surface area (Å²) in [6.07, 6.45) is 6.79. The summed E-state index contributed by atoms with van der Waals surface area (Å²) in [4.78, 5) is 11.8. The number of hydrogen-bond acceptors (Lipinski definition) is 3. The zero-order chi connectivity index (χ0) is 16.7. The van der Waals surface area contributed by atoms with Crippen LogP contribution in [0.1, 0.15) is 45.4 Å². The zero-order valence-corrected chi connectivity index (χ0v) is 14.8. The highest BCUT2D eigenvalue weighted by Crippen LogP contribution is 2.27. The van der Waals surface area contributed by atoms with Gasteiger partial charge in [-0.2, -0.15) is 5.10 Å². The van der Waals surface area contributed by atoms with Gasteiger partial charge in [-0.3, -0.25) is 4.79 Å². The average Bonchev–Trinajstić information content (AvgIpc) is 2.54. The maximum atomic E-state index is 11.8. The second-order valence-corrected chi connectivity index (χ2v) is 6.65. The Kier molecular flexibility index (Phi) is 7.18. The maximum absolute atomic E-state index is 11.8. The predicted octanol–water partition coefficient (Wildman–Crippen LogP) is 4.83. The molecule has 1 N–H and O–H groups in total. The molecule has 0 aliphatic heterocycles. The van der Waals surface area contributed by atoms with Crippen LogP contribution >= 0.6 is 23.2 Å². The largest absolute Gasteiger partial charge is 0.482 e. The third kappa shape index (κ3) is 6.04. The Morgan fingerprint density at radius 1 is 1.35 bits per heavy atom. The molecule has 126 valence electrons. The van der Waals surface area contributed by atoms with E-state index in [4.69, 9.17) is 27.9 Å². The van der Waals surface area contributed by atoms with E-state index >= 15 is 0 Å². The van der Waals surface area contributed by atoms with Crippen molar-refractivity contribution in [1.29, 1.82) is 0 Å². The smallest absolute Gasteiger partial charge is 0.277 e. The highest BCUT2D eigenvalue weighted by Gasteiger charge is 2.17. The number of carbonyl (C=O) groups is 1. The van der Waals surface area contributed by atoms with Gasteiger partial charge in [0.1, 0.15) is 5.75 Å². The van der Waals surface area contributed by atoms with Crippen LogP contribution in [0, 0.1) is 5.92 Å². The number of nitrogens with one attached hydrogen (secondary N) is 1. The van der Waals surface area contributed by atoms with Crippen molar-refractivity contribution >= 4 is 34.8 Å². The number of ether oxygens (including phenoxy) is 1. The lowest BCUT2D eigenvalue weighted by molar-refractivity contribution is -0.123. The van der Waals surface area contributed by atoms with Crippen LogP contribution in [0.15, 0.2) is 23.3 Å². The molecule has 0 unspecified atom stereocenters. The minimum absolute atomic E-state index is 0.128. The molecule has 0 aromatic heterocycles. The van der Waals surface area contributed by atoms with Crippen molar-refractivity contribution in [3.63, 3.8) is 0 Å². The maximum Gasteiger partial charge on any atom is 0.277 e. The molecule has 1 aromatic rings. The van der Waals surface area contributed by atoms with Crippen LogP contribution in [0.25, 0.3) is 0 Å². The summed E-state index contributed by atoms with van der Waals surface area (Å²) in [5, 5.41) is 5.11. The fourth-order valence-electron chi connectivity index (χ4n) is 2.73. The van der Waals surface area contributed by atoms with E-state index in [1.54, 1.807) is 18.2 Å². The Balaban J connectivity index is 1.74. The molecule has 0 heterocycles. The van der Waals surface area contributed by atoms with E-state index in [0.717, 1.165) is 24.5 Å². The number of hydrogen-bond donors (Lipinski definition) is 1. The Morgan fingerprint density at radius 3 is 2.74 bits per heavy atom. The van der Waals surface area contributed by atoms with E-state index in [-0.39, 0.29) is 12.5 Å². The van der Waals surface area contributed by atoms with Gasteiger partial charge in [-0.15, -0.1) is 0 Å². The molecule has 1 saturated carbocycles. The van der Waals surface area contributed by atoms with E-state index in [0.29, 0.717) is 15.8 Å². The molecule has 0 atom stereocenters. The second-order valence-electron chi connectivity index (χ2n) is 5.81. The van der Waals surface area contributed by atoms with Gasteiger partial charge < -0.3 is 4.74 Å². The van der Waals surface area contributed by atoms with Gasteiger partial charge >= 0.3 is 0 Å². The number of carbonyl (C=O) groups excluding carboxylic acids is 1. The quantitative estimate of drug-likeness (QED) is 0.741. The van der Waals surface area contributed by atoms with E-state index < -0.39 is 0 Å². The minimum Gasteiger partial charge on any atom is -0.482 e. The standard InChI is InChI=1S/C17H22Cl2N2O2/c1-2-3-12-4-7-14(8-5-12)20-21-17(22)11-23-16-9-6-13(18)10-15(16)19/h6,9-10,12H,2-5,7-8,11H2,1H3,(H,21,22). The van der Waals surface area contributed by atoms with Crippen LogP contribution in [0.2, 0.25) is 10.0 Å². The van der Waals surface area contributed by atoms with E-state index in [1.165, 1.54) is 25.7 Å². The Morgan fingerprint density at radius 2 is 2.09 bits per heavy atom. The minimum atomic E-state index is -0.292. The molecule has 6 heteroatoms. The first-order chi connectivity index (χ1) is 11.1. The molecule has 1 aliphatic rings. The molecular formula is C17H22Cl2N2O2. The van der Waals surface area contributed by atoms with Crippen molar-refractivity contribution in [3.05, 3.63) is 28.2 Å². The fourth-order valence-corrected chi connectivity index (χ4v) is 3.19. The summed E-state index contributed by atoms with van der Waals surface area (Å²) in [6, 6.07) is 4.87. The number of hydrazone groups is 1. The van der Waals surface area contributed by atoms with Gasteiger partial charge in [0, 0.05) is 10.7 Å². The summed E-state index contributed by atoms with van der Waals surface area (Å²) in [6.45, 7) is 2.09. The second kappa shape index (κ2) is 9.14. The van der Waals surface area contributed by atoms with Gasteiger partial charge in [0.2, 0.25) is 0 Å². The van der Waals surface area contributed by atoms with Gasteiger partial charge in [-0.1, -0.05) is 43.0 Å². The molecule has 4 nitrogen and oxygen atoms in total. The Bertz CT molecular complexity index is 566. The van der Waals surface area contributed by atoms with E-state index in [1.807, 2.05) is 0 Å². The van der Waals surface area contributed by atoms with Crippen molar-refractivity contribution in [2.45, 2.75) is 45.4 Å². The molecular weight excluding hydrogens is 335 g/mol. The van der Waals surface area contributed by atoms with Crippen molar-refractivity contribution in [2.75, 3.05) is 6.61 Å². The normalized spacial score (nSPS) is 17.7.